The molecular weight excluding hydrogens is 257 g/mol. The van der Waals surface area contributed by atoms with Crippen molar-refractivity contribution in [3.63, 3.8) is 0 Å². The van der Waals surface area contributed by atoms with Gasteiger partial charge in [0.05, 0.1) is 18.5 Å². The number of benzene rings is 1. The molecule has 1 heterocycles. The third-order valence-electron chi connectivity index (χ3n) is 4.23. The molecule has 2 N–H and O–H groups in total. The van der Waals surface area contributed by atoms with Gasteiger partial charge in [0.25, 0.3) is 0 Å². The highest BCUT2D eigenvalue weighted by molar-refractivity contribution is 5.63. The lowest BCUT2D eigenvalue weighted by Gasteiger charge is -2.37. The van der Waals surface area contributed by atoms with Crippen LogP contribution in [0.3, 0.4) is 0 Å². The van der Waals surface area contributed by atoms with Gasteiger partial charge < -0.3 is 20.3 Å². The first-order valence-electron chi connectivity index (χ1n) is 7.15. The van der Waals surface area contributed by atoms with Gasteiger partial charge in [-0.15, -0.1) is 0 Å². The van der Waals surface area contributed by atoms with Crippen molar-refractivity contribution < 1.29 is 9.13 Å². The lowest BCUT2D eigenvalue weighted by atomic mass is 10.0. The molecule has 0 atom stereocenters. The lowest BCUT2D eigenvalue weighted by Crippen LogP contribution is -2.43. The molecule has 1 aromatic rings. The van der Waals surface area contributed by atoms with Crippen LogP contribution in [0, 0.1) is 5.82 Å². The second-order valence-corrected chi connectivity index (χ2v) is 5.32. The van der Waals surface area contributed by atoms with E-state index in [1.165, 1.54) is 6.07 Å². The topological polar surface area (TPSA) is 41.7 Å². The maximum atomic E-state index is 14.1. The van der Waals surface area contributed by atoms with E-state index in [9.17, 15) is 4.39 Å². The van der Waals surface area contributed by atoms with Crippen molar-refractivity contribution in [2.75, 3.05) is 44.4 Å². The summed E-state index contributed by atoms with van der Waals surface area (Å²) >= 11 is 0. The molecule has 1 saturated heterocycles. The second-order valence-electron chi connectivity index (χ2n) is 5.32. The SMILES string of the molecule is CCN1CCC(N(C)c2cc(OC)c(N)cc2F)CC1. The molecule has 0 saturated carbocycles. The number of likely N-dealkylation sites (tertiary alicyclic amines) is 1. The molecule has 20 heavy (non-hydrogen) atoms. The van der Waals surface area contributed by atoms with Crippen molar-refractivity contribution in [3.8, 4) is 5.75 Å². The molecule has 0 aliphatic carbocycles. The summed E-state index contributed by atoms with van der Waals surface area (Å²) in [5.74, 6) is 0.239. The Hall–Kier alpha value is -1.49. The Morgan fingerprint density at radius 1 is 1.40 bits per heavy atom. The van der Waals surface area contributed by atoms with Crippen molar-refractivity contribution >= 4 is 11.4 Å². The second kappa shape index (κ2) is 6.31. The Morgan fingerprint density at radius 3 is 2.60 bits per heavy atom. The molecule has 1 fully saturated rings. The first-order chi connectivity index (χ1) is 9.56. The highest BCUT2D eigenvalue weighted by Crippen LogP contribution is 2.32. The zero-order chi connectivity index (χ0) is 14.7. The molecule has 0 amide bonds. The van der Waals surface area contributed by atoms with Crippen molar-refractivity contribution in [2.24, 2.45) is 0 Å². The zero-order valence-electron chi connectivity index (χ0n) is 12.5. The van der Waals surface area contributed by atoms with Gasteiger partial charge in [-0.25, -0.2) is 4.39 Å². The highest BCUT2D eigenvalue weighted by Gasteiger charge is 2.24. The van der Waals surface area contributed by atoms with Gasteiger partial charge in [0.15, 0.2) is 0 Å². The molecule has 0 spiro atoms. The van der Waals surface area contributed by atoms with Crippen LogP contribution >= 0.6 is 0 Å². The van der Waals surface area contributed by atoms with Crippen LogP contribution in [0.4, 0.5) is 15.8 Å². The minimum atomic E-state index is -0.288. The fourth-order valence-electron chi connectivity index (χ4n) is 2.82. The van der Waals surface area contributed by atoms with Gasteiger partial charge in [-0.3, -0.25) is 0 Å². The van der Waals surface area contributed by atoms with Crippen molar-refractivity contribution in [1.82, 2.24) is 4.90 Å². The number of halogens is 1. The standard InChI is InChI=1S/C15H24FN3O/c1-4-19-7-5-11(6-8-19)18(2)14-10-15(20-3)13(17)9-12(14)16/h9-11H,4-8,17H2,1-3H3. The molecule has 4 nitrogen and oxygen atoms in total. The quantitative estimate of drug-likeness (QED) is 0.860. The lowest BCUT2D eigenvalue weighted by molar-refractivity contribution is 0.220. The number of hydrogen-bond acceptors (Lipinski definition) is 4. The average Bonchev–Trinajstić information content (AvgIpc) is 2.47. The monoisotopic (exact) mass is 281 g/mol. The molecular formula is C15H24FN3O. The average molecular weight is 281 g/mol. The molecule has 2 rings (SSSR count). The van der Waals surface area contributed by atoms with Crippen LogP contribution in [0.1, 0.15) is 19.8 Å². The Morgan fingerprint density at radius 2 is 2.05 bits per heavy atom. The number of nitrogens with zero attached hydrogens (tertiary/aromatic N) is 2. The third-order valence-corrected chi connectivity index (χ3v) is 4.23. The molecule has 0 aromatic heterocycles. The number of rotatable bonds is 4. The number of ether oxygens (including phenoxy) is 1. The number of anilines is 2. The van der Waals surface area contributed by atoms with Gasteiger partial charge in [0, 0.05) is 38.3 Å². The van der Waals surface area contributed by atoms with E-state index in [2.05, 4.69) is 11.8 Å². The number of nitrogen functional groups attached to an aromatic ring is 1. The van der Waals surface area contributed by atoms with Gasteiger partial charge in [0.1, 0.15) is 11.6 Å². The van der Waals surface area contributed by atoms with Crippen LogP contribution in [0.5, 0.6) is 5.75 Å². The van der Waals surface area contributed by atoms with Gasteiger partial charge in [0.2, 0.25) is 0 Å². The minimum Gasteiger partial charge on any atom is -0.495 e. The van der Waals surface area contributed by atoms with Crippen molar-refractivity contribution in [1.29, 1.82) is 0 Å². The predicted molar refractivity (Wildman–Crippen MR) is 80.9 cm³/mol. The van der Waals surface area contributed by atoms with E-state index in [1.54, 1.807) is 13.2 Å². The Kier molecular flexibility index (Phi) is 4.70. The van der Waals surface area contributed by atoms with Crippen LogP contribution in [0.25, 0.3) is 0 Å². The van der Waals surface area contributed by atoms with Gasteiger partial charge in [-0.2, -0.15) is 0 Å². The summed E-state index contributed by atoms with van der Waals surface area (Å²) in [6.45, 7) is 5.40. The predicted octanol–water partition coefficient (Wildman–Crippen LogP) is 2.34. The van der Waals surface area contributed by atoms with E-state index in [0.29, 0.717) is 23.2 Å². The van der Waals surface area contributed by atoms with Crippen LogP contribution in [-0.2, 0) is 0 Å². The molecule has 0 bridgehead atoms. The van der Waals surface area contributed by atoms with E-state index in [1.807, 2.05) is 11.9 Å². The van der Waals surface area contributed by atoms with Crippen LogP contribution in [-0.4, -0.2) is 44.7 Å². The normalized spacial score (nSPS) is 17.2. The molecule has 0 unspecified atom stereocenters. The molecule has 1 aromatic carbocycles. The molecule has 112 valence electrons. The van der Waals surface area contributed by atoms with E-state index in [-0.39, 0.29) is 5.82 Å². The minimum absolute atomic E-state index is 0.288. The summed E-state index contributed by atoms with van der Waals surface area (Å²) in [7, 11) is 3.49. The van der Waals surface area contributed by atoms with Gasteiger partial charge in [-0.1, -0.05) is 6.92 Å². The summed E-state index contributed by atoms with van der Waals surface area (Å²) in [5, 5.41) is 0. The number of hydrogen-bond donors (Lipinski definition) is 1. The van der Waals surface area contributed by atoms with E-state index in [4.69, 9.17) is 10.5 Å². The molecule has 0 radical (unpaired) electrons. The summed E-state index contributed by atoms with van der Waals surface area (Å²) in [6, 6.07) is 3.39. The van der Waals surface area contributed by atoms with E-state index < -0.39 is 0 Å². The van der Waals surface area contributed by atoms with Crippen LogP contribution in [0.2, 0.25) is 0 Å². The first-order valence-corrected chi connectivity index (χ1v) is 7.15. The van der Waals surface area contributed by atoms with Crippen LogP contribution in [0.15, 0.2) is 12.1 Å². The smallest absolute Gasteiger partial charge is 0.148 e. The van der Waals surface area contributed by atoms with Gasteiger partial charge >= 0.3 is 0 Å². The summed E-state index contributed by atoms with van der Waals surface area (Å²) in [4.78, 5) is 4.44. The molecule has 1 aliphatic rings. The van der Waals surface area contributed by atoms with Crippen molar-refractivity contribution in [3.05, 3.63) is 17.9 Å². The number of methoxy groups -OCH3 is 1. The largest absolute Gasteiger partial charge is 0.495 e. The van der Waals surface area contributed by atoms with Crippen molar-refractivity contribution in [2.45, 2.75) is 25.8 Å². The Bertz CT molecular complexity index is 459. The fraction of sp³-hybridized carbons (Fsp3) is 0.600. The Balaban J connectivity index is 2.15. The highest BCUT2D eigenvalue weighted by atomic mass is 19.1. The molecule has 1 aliphatic heterocycles. The summed E-state index contributed by atoms with van der Waals surface area (Å²) < 4.78 is 19.3. The third kappa shape index (κ3) is 2.98. The zero-order valence-corrected chi connectivity index (χ0v) is 12.5. The molecule has 5 heteroatoms. The first kappa shape index (κ1) is 14.9. The Labute approximate surface area is 120 Å². The number of piperidine rings is 1. The fourth-order valence-corrected chi connectivity index (χ4v) is 2.82. The summed E-state index contributed by atoms with van der Waals surface area (Å²) in [5.41, 5.74) is 6.62. The number of nitrogens with two attached hydrogens (primary N) is 1. The summed E-state index contributed by atoms with van der Waals surface area (Å²) in [6.07, 6.45) is 2.10. The van der Waals surface area contributed by atoms with Gasteiger partial charge in [-0.05, 0) is 19.4 Å². The maximum absolute atomic E-state index is 14.1. The van der Waals surface area contributed by atoms with E-state index >= 15 is 0 Å². The van der Waals surface area contributed by atoms with Crippen LogP contribution < -0.4 is 15.4 Å². The maximum Gasteiger partial charge on any atom is 0.148 e. The van der Waals surface area contributed by atoms with E-state index in [0.717, 1.165) is 32.5 Å².